The second kappa shape index (κ2) is 29.9. The lowest BCUT2D eigenvalue weighted by Crippen LogP contribution is -2.50. The third-order valence-electron chi connectivity index (χ3n) is 8.40. The molecule has 232 valence electrons. The van der Waals surface area contributed by atoms with Crippen molar-refractivity contribution in [2.24, 2.45) is 5.92 Å². The topological polar surface area (TPSA) is 58.2 Å². The highest BCUT2D eigenvalue weighted by atomic mass is 16.2. The second-order valence-corrected chi connectivity index (χ2v) is 12.2. The molecule has 39 heavy (non-hydrogen) atoms. The number of carbonyl (C=O) groups is 2. The molecule has 0 rings (SSSR count). The van der Waals surface area contributed by atoms with Crippen molar-refractivity contribution in [3.05, 3.63) is 0 Å². The van der Waals surface area contributed by atoms with Crippen LogP contribution in [0.4, 0.5) is 0 Å². The van der Waals surface area contributed by atoms with E-state index in [2.05, 4.69) is 38.3 Å². The highest BCUT2D eigenvalue weighted by Gasteiger charge is 2.25. The molecule has 4 heteroatoms. The zero-order chi connectivity index (χ0) is 28.8. The Labute approximate surface area is 245 Å². The molecule has 0 saturated carbocycles. The molecule has 0 aliphatic heterocycles. The molecule has 0 fully saturated rings. The van der Waals surface area contributed by atoms with E-state index in [9.17, 15) is 9.59 Å². The lowest BCUT2D eigenvalue weighted by molar-refractivity contribution is -0.130. The van der Waals surface area contributed by atoms with E-state index in [0.29, 0.717) is 6.42 Å². The van der Waals surface area contributed by atoms with E-state index in [1.165, 1.54) is 135 Å². The van der Waals surface area contributed by atoms with Gasteiger partial charge in [-0.1, -0.05) is 175 Å². The molecule has 0 aromatic carbocycles. The maximum atomic E-state index is 12.8. The van der Waals surface area contributed by atoms with Crippen molar-refractivity contribution in [3.63, 3.8) is 0 Å². The van der Waals surface area contributed by atoms with Gasteiger partial charge in [-0.25, -0.2) is 0 Å². The summed E-state index contributed by atoms with van der Waals surface area (Å²) in [6.45, 7) is 9.40. The van der Waals surface area contributed by atoms with E-state index >= 15 is 0 Å². The Morgan fingerprint density at radius 2 is 0.872 bits per heavy atom. The highest BCUT2D eigenvalue weighted by Crippen LogP contribution is 2.14. The molecule has 0 aliphatic carbocycles. The first-order chi connectivity index (χ1) is 19.1. The van der Waals surface area contributed by atoms with Gasteiger partial charge < -0.3 is 10.6 Å². The Balaban J connectivity index is 3.75. The molecular formula is C35H70N2O2. The van der Waals surface area contributed by atoms with E-state index in [4.69, 9.17) is 0 Å². The normalized spacial score (nSPS) is 12.8. The summed E-state index contributed by atoms with van der Waals surface area (Å²) in [5, 5.41) is 6.14. The zero-order valence-corrected chi connectivity index (χ0v) is 27.1. The third kappa shape index (κ3) is 25.6. The standard InChI is InChI=1S/C35H70N2O2/c1-5-8-10-12-14-16-17-18-19-20-21-22-23-25-27-29-31-36-35(39)34(32(4)7-3)37-33(38)30-28-26-24-15-13-11-9-6-2/h32,34H,5-31H2,1-4H3,(H,36,39)(H,37,38)/t32-,34-/m0/s1. The van der Waals surface area contributed by atoms with Gasteiger partial charge in [-0.2, -0.15) is 0 Å². The molecule has 0 aliphatic rings. The first-order valence-electron chi connectivity index (χ1n) is 17.6. The van der Waals surface area contributed by atoms with Crippen molar-refractivity contribution >= 4 is 11.8 Å². The van der Waals surface area contributed by atoms with Gasteiger partial charge in [0, 0.05) is 13.0 Å². The molecule has 0 unspecified atom stereocenters. The molecule has 0 aromatic heterocycles. The average molecular weight is 551 g/mol. The van der Waals surface area contributed by atoms with Crippen molar-refractivity contribution < 1.29 is 9.59 Å². The third-order valence-corrected chi connectivity index (χ3v) is 8.40. The number of hydrogen-bond donors (Lipinski definition) is 2. The molecule has 2 atom stereocenters. The quantitative estimate of drug-likeness (QED) is 0.0874. The summed E-state index contributed by atoms with van der Waals surface area (Å²) in [6.07, 6.45) is 32.9. The molecule has 0 heterocycles. The van der Waals surface area contributed by atoms with E-state index in [1.807, 2.05) is 0 Å². The van der Waals surface area contributed by atoms with Crippen LogP contribution in [-0.2, 0) is 9.59 Å². The lowest BCUT2D eigenvalue weighted by atomic mass is 9.97. The fourth-order valence-electron chi connectivity index (χ4n) is 5.36. The minimum atomic E-state index is -0.405. The summed E-state index contributed by atoms with van der Waals surface area (Å²) >= 11 is 0. The molecular weight excluding hydrogens is 480 g/mol. The Bertz CT molecular complexity index is 537. The summed E-state index contributed by atoms with van der Waals surface area (Å²) in [7, 11) is 0. The predicted molar refractivity (Wildman–Crippen MR) is 171 cm³/mol. The van der Waals surface area contributed by atoms with Crippen LogP contribution < -0.4 is 10.6 Å². The molecule has 2 N–H and O–H groups in total. The van der Waals surface area contributed by atoms with Gasteiger partial charge in [0.1, 0.15) is 6.04 Å². The molecule has 2 amide bonds. The first-order valence-corrected chi connectivity index (χ1v) is 17.6. The van der Waals surface area contributed by atoms with Gasteiger partial charge in [-0.15, -0.1) is 0 Å². The van der Waals surface area contributed by atoms with Gasteiger partial charge in [-0.3, -0.25) is 9.59 Å². The summed E-state index contributed by atoms with van der Waals surface area (Å²) in [6, 6.07) is -0.405. The van der Waals surface area contributed by atoms with E-state index < -0.39 is 6.04 Å². The molecule has 0 radical (unpaired) electrons. The van der Waals surface area contributed by atoms with Crippen molar-refractivity contribution in [1.29, 1.82) is 0 Å². The van der Waals surface area contributed by atoms with Crippen LogP contribution in [0, 0.1) is 5.92 Å². The van der Waals surface area contributed by atoms with Gasteiger partial charge >= 0.3 is 0 Å². The number of unbranched alkanes of at least 4 members (excludes halogenated alkanes) is 22. The maximum Gasteiger partial charge on any atom is 0.242 e. The van der Waals surface area contributed by atoms with Crippen LogP contribution in [0.5, 0.6) is 0 Å². The van der Waals surface area contributed by atoms with Crippen molar-refractivity contribution in [2.45, 2.75) is 201 Å². The fourth-order valence-corrected chi connectivity index (χ4v) is 5.36. The lowest BCUT2D eigenvalue weighted by Gasteiger charge is -2.23. The van der Waals surface area contributed by atoms with Crippen molar-refractivity contribution in [1.82, 2.24) is 10.6 Å². The maximum absolute atomic E-state index is 12.8. The SMILES string of the molecule is CCCCCCCCCCCCCCCCCCNC(=O)[C@@H](NC(=O)CCCCCCCCCC)[C@@H](C)CC. The number of nitrogens with one attached hydrogen (secondary N) is 2. The number of hydrogen-bond acceptors (Lipinski definition) is 2. The molecule has 4 nitrogen and oxygen atoms in total. The van der Waals surface area contributed by atoms with Crippen LogP contribution in [0.2, 0.25) is 0 Å². The number of carbonyl (C=O) groups excluding carboxylic acids is 2. The van der Waals surface area contributed by atoms with Crippen molar-refractivity contribution in [3.8, 4) is 0 Å². The Morgan fingerprint density at radius 3 is 1.26 bits per heavy atom. The van der Waals surface area contributed by atoms with Gasteiger partial charge in [-0.05, 0) is 18.8 Å². The van der Waals surface area contributed by atoms with E-state index in [1.54, 1.807) is 0 Å². The Kier molecular flexibility index (Phi) is 29.1. The summed E-state index contributed by atoms with van der Waals surface area (Å²) in [5.74, 6) is 0.178. The monoisotopic (exact) mass is 551 g/mol. The van der Waals surface area contributed by atoms with Crippen LogP contribution in [0.25, 0.3) is 0 Å². The van der Waals surface area contributed by atoms with Gasteiger partial charge in [0.15, 0.2) is 0 Å². The molecule has 0 spiro atoms. The van der Waals surface area contributed by atoms with Crippen LogP contribution in [0.3, 0.4) is 0 Å². The molecule has 0 saturated heterocycles. The summed E-state index contributed by atoms with van der Waals surface area (Å²) in [4.78, 5) is 25.3. The second-order valence-electron chi connectivity index (χ2n) is 12.2. The zero-order valence-electron chi connectivity index (χ0n) is 27.1. The summed E-state index contributed by atoms with van der Waals surface area (Å²) < 4.78 is 0. The van der Waals surface area contributed by atoms with Crippen LogP contribution in [0.15, 0.2) is 0 Å². The van der Waals surface area contributed by atoms with Crippen LogP contribution in [0.1, 0.15) is 195 Å². The average Bonchev–Trinajstić information content (AvgIpc) is 2.94. The largest absolute Gasteiger partial charge is 0.354 e. The first kappa shape index (κ1) is 37.9. The summed E-state index contributed by atoms with van der Waals surface area (Å²) in [5.41, 5.74) is 0. The molecule has 0 bridgehead atoms. The minimum Gasteiger partial charge on any atom is -0.354 e. The van der Waals surface area contributed by atoms with Crippen LogP contribution >= 0.6 is 0 Å². The number of rotatable bonds is 30. The van der Waals surface area contributed by atoms with Gasteiger partial charge in [0.2, 0.25) is 11.8 Å². The van der Waals surface area contributed by atoms with Crippen molar-refractivity contribution in [2.75, 3.05) is 6.54 Å². The molecule has 0 aromatic rings. The number of amides is 2. The minimum absolute atomic E-state index is 0.00502. The fraction of sp³-hybridized carbons (Fsp3) is 0.943. The van der Waals surface area contributed by atoms with E-state index in [-0.39, 0.29) is 17.7 Å². The highest BCUT2D eigenvalue weighted by molar-refractivity contribution is 5.87. The van der Waals surface area contributed by atoms with E-state index in [0.717, 1.165) is 32.2 Å². The van der Waals surface area contributed by atoms with Crippen LogP contribution in [-0.4, -0.2) is 24.4 Å². The Hall–Kier alpha value is -1.06. The van der Waals surface area contributed by atoms with Gasteiger partial charge in [0.25, 0.3) is 0 Å². The predicted octanol–water partition coefficient (Wildman–Crippen LogP) is 10.4. The smallest absolute Gasteiger partial charge is 0.242 e. The van der Waals surface area contributed by atoms with Gasteiger partial charge in [0.05, 0.1) is 0 Å². The Morgan fingerprint density at radius 1 is 0.513 bits per heavy atom.